The average Bonchev–Trinajstić information content (AvgIpc) is 0.875. The molecule has 2 aliphatic heterocycles. The number of methoxy groups -OCH3 is 4. The first-order chi connectivity index (χ1) is 41.2. The fraction of sp³-hybridized carbons (Fsp3) is 0.152. The predicted molar refractivity (Wildman–Crippen MR) is 312 cm³/mol. The van der Waals surface area contributed by atoms with Crippen LogP contribution in [-0.2, 0) is 0 Å². The summed E-state index contributed by atoms with van der Waals surface area (Å²) in [6.07, 6.45) is -2.86. The van der Waals surface area contributed by atoms with Gasteiger partial charge < -0.3 is 78.1 Å². The van der Waals surface area contributed by atoms with Gasteiger partial charge in [-0.05, 0) is 91.7 Å². The van der Waals surface area contributed by atoms with Crippen molar-refractivity contribution in [2.75, 3.05) is 28.4 Å². The topological polar surface area (TPSA) is 312 Å². The third-order valence-corrected chi connectivity index (χ3v) is 15.7. The number of aromatic hydroxyl groups is 8. The normalized spacial score (nSPS) is 14.5. The maximum Gasteiger partial charge on any atom is 0.197 e. The van der Waals surface area contributed by atoms with Gasteiger partial charge in [0.15, 0.2) is 33.9 Å². The molecular weight excluding hydrogens is 1110 g/mol. The highest BCUT2D eigenvalue weighted by atomic mass is 16.5. The summed E-state index contributed by atoms with van der Waals surface area (Å²) in [5.41, 5.74) is 0.534. The van der Waals surface area contributed by atoms with Gasteiger partial charge in [-0.25, -0.2) is 0 Å². The minimum Gasteiger partial charge on any atom is -0.507 e. The van der Waals surface area contributed by atoms with Crippen molar-refractivity contribution in [1.82, 2.24) is 0 Å². The zero-order valence-electron chi connectivity index (χ0n) is 46.4. The van der Waals surface area contributed by atoms with Crippen molar-refractivity contribution < 1.29 is 87.7 Å². The van der Waals surface area contributed by atoms with Crippen LogP contribution in [0.25, 0.3) is 78.0 Å². The van der Waals surface area contributed by atoms with Crippen LogP contribution in [0.4, 0.5) is 0 Å². The van der Waals surface area contributed by atoms with Gasteiger partial charge in [-0.3, -0.25) is 19.2 Å². The van der Waals surface area contributed by atoms with Crippen LogP contribution < -0.4 is 39.3 Å². The van der Waals surface area contributed by atoms with E-state index < -0.39 is 80.1 Å². The third kappa shape index (κ3) is 8.93. The molecule has 0 amide bonds. The highest BCUT2D eigenvalue weighted by molar-refractivity contribution is 6.08. The molecule has 8 aromatic carbocycles. The van der Waals surface area contributed by atoms with E-state index in [-0.39, 0.29) is 97.5 Å². The lowest BCUT2D eigenvalue weighted by molar-refractivity contribution is 0.0835. The van der Waals surface area contributed by atoms with E-state index in [0.29, 0.717) is 61.8 Å². The van der Waals surface area contributed by atoms with E-state index in [1.54, 1.807) is 62.4 Å². The van der Waals surface area contributed by atoms with E-state index in [1.165, 1.54) is 77.0 Å². The first-order valence-electron chi connectivity index (χ1n) is 26.5. The van der Waals surface area contributed by atoms with Crippen molar-refractivity contribution in [3.8, 4) is 137 Å². The lowest BCUT2D eigenvalue weighted by Crippen LogP contribution is -2.21. The largest absolute Gasteiger partial charge is 0.507 e. The Bertz CT molecular complexity index is 4710. The van der Waals surface area contributed by atoms with Crippen LogP contribution in [0.1, 0.15) is 68.0 Å². The molecule has 8 N–H and O–H groups in total. The smallest absolute Gasteiger partial charge is 0.197 e. The summed E-state index contributed by atoms with van der Waals surface area (Å²) in [6, 6.07) is 26.0. The van der Waals surface area contributed by atoms with Crippen LogP contribution in [0, 0.1) is 13.8 Å². The SMILES string of the molecule is COc1ccc([C@@H]2CC(=O)c3c(cc(O)c(-c4c(O)cc5c(c4O)O[C@H](c4ccc(OC)c(-c6cc(-c7cc(=O)c8c(O)c(C)c(OC)cc8o7)ccc6O)c4)CC5=O)c3O)O2)cc1-c1cc(-c2cc(=O)c3c(O)c(C)c(OC)cc3o2)ccc1O. The van der Waals surface area contributed by atoms with E-state index >= 15 is 0 Å². The van der Waals surface area contributed by atoms with Crippen molar-refractivity contribution in [3.05, 3.63) is 163 Å². The number of rotatable bonds is 11. The van der Waals surface area contributed by atoms with Crippen LogP contribution in [0.15, 0.2) is 128 Å². The number of carbonyl (C=O) groups excluding carboxylic acids is 2. The molecule has 10 aromatic rings. The molecule has 0 unspecified atom stereocenters. The average molecular weight is 1160 g/mol. The molecule has 20 nitrogen and oxygen atoms in total. The molecule has 0 bridgehead atoms. The molecule has 0 aliphatic carbocycles. The number of hydrogen-bond acceptors (Lipinski definition) is 20. The Kier molecular flexibility index (Phi) is 13.4. The van der Waals surface area contributed by atoms with Gasteiger partial charge in [-0.15, -0.1) is 0 Å². The Hall–Kier alpha value is -11.3. The lowest BCUT2D eigenvalue weighted by atomic mass is 9.88. The van der Waals surface area contributed by atoms with Crippen molar-refractivity contribution in [1.29, 1.82) is 0 Å². The molecule has 0 saturated heterocycles. The summed E-state index contributed by atoms with van der Waals surface area (Å²) < 4.78 is 47.0. The van der Waals surface area contributed by atoms with Gasteiger partial charge in [0.05, 0.1) is 58.0 Å². The number of ketones is 2. The third-order valence-electron chi connectivity index (χ3n) is 15.7. The van der Waals surface area contributed by atoms with Gasteiger partial charge in [-0.1, -0.05) is 12.1 Å². The first-order valence-corrected chi connectivity index (χ1v) is 26.5. The molecule has 12 rings (SSSR count). The van der Waals surface area contributed by atoms with Crippen molar-refractivity contribution in [2.24, 2.45) is 0 Å². The molecule has 4 heterocycles. The minimum absolute atomic E-state index is 0.0368. The molecule has 0 spiro atoms. The maximum atomic E-state index is 14.3. The van der Waals surface area contributed by atoms with Gasteiger partial charge in [0.25, 0.3) is 0 Å². The summed E-state index contributed by atoms with van der Waals surface area (Å²) in [7, 11) is 5.66. The molecule has 2 aliphatic rings. The molecule has 0 radical (unpaired) electrons. The van der Waals surface area contributed by atoms with Crippen molar-refractivity contribution in [2.45, 2.75) is 38.9 Å². The number of benzene rings is 8. The Morgan fingerprint density at radius 2 is 0.860 bits per heavy atom. The van der Waals surface area contributed by atoms with Crippen LogP contribution in [0.5, 0.6) is 80.5 Å². The van der Waals surface area contributed by atoms with E-state index in [4.69, 9.17) is 37.3 Å². The fourth-order valence-corrected chi connectivity index (χ4v) is 11.3. The zero-order valence-corrected chi connectivity index (χ0v) is 46.4. The van der Waals surface area contributed by atoms with Crippen LogP contribution in [-0.4, -0.2) is 80.9 Å². The standard InChI is InChI=1S/C66H50O20/c1-27-48(81-5)25-55-57(62(27)75)42(71)21-50(84-55)29-7-11-38(67)33(15-29)35-17-31(9-13-46(35)79-3)52-23-44(73)59-54(83-52)24-45(74)60(64(59)77)61-41(70)19-37-40(69)20-53(86-66(37)65(61)78)32-10-14-47(80-4)36(18-32)34-16-30(8-12-39(34)68)51-22-43(72)58-56(85-51)26-49(82-6)28(2)63(58)76/h7-19,21-22,24-26,52-53,67-68,70,74-78H,20,23H2,1-6H3/t52-,53-/m0/s1. The van der Waals surface area contributed by atoms with Crippen molar-refractivity contribution in [3.63, 3.8) is 0 Å². The van der Waals surface area contributed by atoms with E-state index in [9.17, 15) is 60.0 Å². The second kappa shape index (κ2) is 20.9. The second-order valence-electron chi connectivity index (χ2n) is 20.6. The number of fused-ring (bicyclic) bond motifs is 4. The number of Topliss-reactive ketones (excluding diaryl/α,β-unsaturated/α-hetero) is 2. The predicted octanol–water partition coefficient (Wildman–Crippen LogP) is 11.9. The Morgan fingerprint density at radius 3 is 1.35 bits per heavy atom. The van der Waals surface area contributed by atoms with Gasteiger partial charge in [0.2, 0.25) is 0 Å². The summed E-state index contributed by atoms with van der Waals surface area (Å²) in [6.45, 7) is 3.20. The quantitative estimate of drug-likeness (QED) is 0.0596. The van der Waals surface area contributed by atoms with Gasteiger partial charge in [0.1, 0.15) is 120 Å². The van der Waals surface area contributed by atoms with E-state index in [0.717, 1.165) is 12.1 Å². The second-order valence-corrected chi connectivity index (χ2v) is 20.6. The van der Waals surface area contributed by atoms with E-state index in [1.807, 2.05) is 0 Å². The Balaban J connectivity index is 0.851. The van der Waals surface area contributed by atoms with Crippen LogP contribution >= 0.6 is 0 Å². The molecule has 20 heteroatoms. The van der Waals surface area contributed by atoms with Crippen molar-refractivity contribution >= 4 is 33.5 Å². The molecule has 434 valence electrons. The number of ether oxygens (including phenoxy) is 6. The van der Waals surface area contributed by atoms with Crippen LogP contribution in [0.3, 0.4) is 0 Å². The molecule has 86 heavy (non-hydrogen) atoms. The molecule has 0 fully saturated rings. The van der Waals surface area contributed by atoms with Gasteiger partial charge in [0, 0.05) is 74.8 Å². The molecule has 2 atom stereocenters. The fourth-order valence-electron chi connectivity index (χ4n) is 11.3. The summed E-state index contributed by atoms with van der Waals surface area (Å²) >= 11 is 0. The van der Waals surface area contributed by atoms with Crippen LogP contribution in [0.2, 0.25) is 0 Å². The van der Waals surface area contributed by atoms with Gasteiger partial charge >= 0.3 is 0 Å². The molecule has 0 saturated carbocycles. The number of phenolic OH excluding ortho intramolecular Hbond substituents is 8. The molecule has 2 aromatic heterocycles. The summed E-state index contributed by atoms with van der Waals surface area (Å²) in [4.78, 5) is 55.0. The van der Waals surface area contributed by atoms with E-state index in [2.05, 4.69) is 0 Å². The number of carbonyl (C=O) groups is 2. The summed E-state index contributed by atoms with van der Waals surface area (Å²) in [5, 5.41) is 91.2. The molecular formula is C66H50O20. The Labute approximate surface area is 486 Å². The highest BCUT2D eigenvalue weighted by Gasteiger charge is 2.38. The maximum absolute atomic E-state index is 14.3. The minimum atomic E-state index is -1.13. The monoisotopic (exact) mass is 1160 g/mol. The first kappa shape index (κ1) is 55.3. The number of phenols is 8. The summed E-state index contributed by atoms with van der Waals surface area (Å²) in [5.74, 6) is -4.77. The lowest BCUT2D eigenvalue weighted by Gasteiger charge is -2.29. The van der Waals surface area contributed by atoms with Gasteiger partial charge in [-0.2, -0.15) is 0 Å². The zero-order chi connectivity index (χ0) is 60.9. The highest BCUT2D eigenvalue weighted by Crippen LogP contribution is 2.57. The Morgan fingerprint density at radius 1 is 0.407 bits per heavy atom. The number of hydrogen-bond donors (Lipinski definition) is 8.